The number of rotatable bonds is 5. The van der Waals surface area contributed by atoms with Gasteiger partial charge in [-0.25, -0.2) is 0 Å². The summed E-state index contributed by atoms with van der Waals surface area (Å²) >= 11 is 0. The van der Waals surface area contributed by atoms with Crippen LogP contribution in [0.5, 0.6) is 0 Å². The lowest BCUT2D eigenvalue weighted by molar-refractivity contribution is -0.118. The number of carbonyl (C=O) groups excluding carboxylic acids is 1. The van der Waals surface area contributed by atoms with Crippen LogP contribution in [0.3, 0.4) is 0 Å². The minimum atomic E-state index is -0.506. The summed E-state index contributed by atoms with van der Waals surface area (Å²) in [7, 11) is 0. The number of nitrogens with one attached hydrogen (secondary N) is 1. The lowest BCUT2D eigenvalue weighted by Crippen LogP contribution is -2.27. The highest BCUT2D eigenvalue weighted by Gasteiger charge is 2.17. The number of carbonyl (C=O) groups is 1. The first-order chi connectivity index (χ1) is 9.20. The molecule has 2 aromatic carbocycles. The van der Waals surface area contributed by atoms with E-state index in [4.69, 9.17) is 5.73 Å². The van der Waals surface area contributed by atoms with Crippen molar-refractivity contribution in [3.63, 3.8) is 0 Å². The molecule has 3 N–H and O–H groups in total. The van der Waals surface area contributed by atoms with Gasteiger partial charge in [0.15, 0.2) is 0 Å². The molecule has 98 valence electrons. The van der Waals surface area contributed by atoms with Crippen molar-refractivity contribution in [1.82, 2.24) is 0 Å². The molecule has 0 saturated heterocycles. The molecule has 0 aliphatic heterocycles. The van der Waals surface area contributed by atoms with Gasteiger partial charge in [-0.3, -0.25) is 4.79 Å². The van der Waals surface area contributed by atoms with Crippen LogP contribution in [0.1, 0.15) is 24.1 Å². The predicted octanol–water partition coefficient (Wildman–Crippen LogP) is 2.89. The Morgan fingerprint density at radius 1 is 1.16 bits per heavy atom. The zero-order valence-electron chi connectivity index (χ0n) is 11.0. The molecular formula is C16H18N2O. The van der Waals surface area contributed by atoms with Crippen molar-refractivity contribution in [2.24, 2.45) is 5.73 Å². The number of hydrogen-bond donors (Lipinski definition) is 2. The number of hydrogen-bond acceptors (Lipinski definition) is 2. The lowest BCUT2D eigenvalue weighted by atomic mass is 10.1. The molecule has 0 aliphatic rings. The van der Waals surface area contributed by atoms with Gasteiger partial charge in [0.05, 0.1) is 0 Å². The Labute approximate surface area is 113 Å². The highest BCUT2D eigenvalue weighted by molar-refractivity contribution is 5.84. The van der Waals surface area contributed by atoms with E-state index in [0.717, 1.165) is 17.7 Å². The van der Waals surface area contributed by atoms with E-state index in [1.165, 1.54) is 5.56 Å². The Morgan fingerprint density at radius 2 is 1.89 bits per heavy atom. The number of amides is 1. The minimum absolute atomic E-state index is 0.381. The van der Waals surface area contributed by atoms with E-state index in [2.05, 4.69) is 18.3 Å². The molecule has 2 rings (SSSR count). The van der Waals surface area contributed by atoms with Crippen LogP contribution in [0.4, 0.5) is 5.69 Å². The third-order valence-electron chi connectivity index (χ3n) is 3.06. The number of primary amides is 1. The second-order valence-corrected chi connectivity index (χ2v) is 4.44. The van der Waals surface area contributed by atoms with Crippen molar-refractivity contribution in [1.29, 1.82) is 0 Å². The second kappa shape index (κ2) is 6.05. The van der Waals surface area contributed by atoms with Crippen molar-refractivity contribution in [2.45, 2.75) is 19.4 Å². The summed E-state index contributed by atoms with van der Waals surface area (Å²) in [5.41, 5.74) is 8.49. The maximum atomic E-state index is 11.6. The fourth-order valence-corrected chi connectivity index (χ4v) is 2.01. The van der Waals surface area contributed by atoms with Gasteiger partial charge in [0.2, 0.25) is 5.91 Å². The first-order valence-corrected chi connectivity index (χ1v) is 6.40. The maximum absolute atomic E-state index is 11.6. The molecule has 19 heavy (non-hydrogen) atoms. The van der Waals surface area contributed by atoms with Crippen LogP contribution < -0.4 is 11.1 Å². The second-order valence-electron chi connectivity index (χ2n) is 4.44. The number of benzene rings is 2. The van der Waals surface area contributed by atoms with Crippen LogP contribution in [0.2, 0.25) is 0 Å². The molecule has 1 unspecified atom stereocenters. The van der Waals surface area contributed by atoms with E-state index < -0.39 is 6.04 Å². The normalized spacial score (nSPS) is 11.8. The molecule has 0 radical (unpaired) electrons. The Hall–Kier alpha value is -2.29. The van der Waals surface area contributed by atoms with Crippen LogP contribution in [-0.2, 0) is 11.2 Å². The summed E-state index contributed by atoms with van der Waals surface area (Å²) < 4.78 is 0. The van der Waals surface area contributed by atoms with Crippen LogP contribution in [-0.4, -0.2) is 5.91 Å². The van der Waals surface area contributed by atoms with Gasteiger partial charge in [-0.15, -0.1) is 0 Å². The molecule has 0 saturated carbocycles. The van der Waals surface area contributed by atoms with Crippen molar-refractivity contribution in [3.05, 3.63) is 65.7 Å². The quantitative estimate of drug-likeness (QED) is 0.862. The number of anilines is 1. The SMILES string of the molecule is CCc1cccc(NC(C(N)=O)c2ccccc2)c1. The summed E-state index contributed by atoms with van der Waals surface area (Å²) in [6, 6.07) is 17.0. The van der Waals surface area contributed by atoms with Gasteiger partial charge in [0.25, 0.3) is 0 Å². The number of aryl methyl sites for hydroxylation is 1. The van der Waals surface area contributed by atoms with Crippen LogP contribution in [0.15, 0.2) is 54.6 Å². The third kappa shape index (κ3) is 3.35. The maximum Gasteiger partial charge on any atom is 0.244 e. The summed E-state index contributed by atoms with van der Waals surface area (Å²) in [5.74, 6) is -0.381. The monoisotopic (exact) mass is 254 g/mol. The highest BCUT2D eigenvalue weighted by Crippen LogP contribution is 2.20. The zero-order valence-corrected chi connectivity index (χ0v) is 11.0. The molecule has 0 aliphatic carbocycles. The summed E-state index contributed by atoms with van der Waals surface area (Å²) in [6.07, 6.45) is 0.960. The molecular weight excluding hydrogens is 236 g/mol. The van der Waals surface area contributed by atoms with Gasteiger partial charge in [0.1, 0.15) is 6.04 Å². The predicted molar refractivity (Wildman–Crippen MR) is 77.8 cm³/mol. The molecule has 0 heterocycles. The minimum Gasteiger partial charge on any atom is -0.370 e. The largest absolute Gasteiger partial charge is 0.370 e. The van der Waals surface area contributed by atoms with Crippen molar-refractivity contribution < 1.29 is 4.79 Å². The highest BCUT2D eigenvalue weighted by atomic mass is 16.1. The Kier molecular flexibility index (Phi) is 4.18. The van der Waals surface area contributed by atoms with E-state index in [0.29, 0.717) is 0 Å². The van der Waals surface area contributed by atoms with Gasteiger partial charge in [-0.2, -0.15) is 0 Å². The van der Waals surface area contributed by atoms with Crippen LogP contribution in [0.25, 0.3) is 0 Å². The third-order valence-corrected chi connectivity index (χ3v) is 3.06. The summed E-state index contributed by atoms with van der Waals surface area (Å²) in [5, 5.41) is 3.19. The Balaban J connectivity index is 2.24. The van der Waals surface area contributed by atoms with Gasteiger partial charge in [-0.1, -0.05) is 49.4 Å². The smallest absolute Gasteiger partial charge is 0.244 e. The van der Waals surface area contributed by atoms with Crippen molar-refractivity contribution in [2.75, 3.05) is 5.32 Å². The van der Waals surface area contributed by atoms with Gasteiger partial charge in [-0.05, 0) is 29.7 Å². The van der Waals surface area contributed by atoms with Crippen molar-refractivity contribution >= 4 is 11.6 Å². The number of nitrogens with two attached hydrogens (primary N) is 1. The first-order valence-electron chi connectivity index (χ1n) is 6.40. The molecule has 2 aromatic rings. The van der Waals surface area contributed by atoms with E-state index >= 15 is 0 Å². The standard InChI is InChI=1S/C16H18N2O/c1-2-12-7-6-10-14(11-12)18-15(16(17)19)13-8-4-3-5-9-13/h3-11,15,18H,2H2,1H3,(H2,17,19). The molecule has 1 amide bonds. The van der Waals surface area contributed by atoms with Crippen LogP contribution >= 0.6 is 0 Å². The van der Waals surface area contributed by atoms with Gasteiger partial charge < -0.3 is 11.1 Å². The Morgan fingerprint density at radius 3 is 2.53 bits per heavy atom. The first kappa shape index (κ1) is 13.1. The Bertz CT molecular complexity index is 552. The molecule has 0 bridgehead atoms. The lowest BCUT2D eigenvalue weighted by Gasteiger charge is -2.17. The molecule has 0 aromatic heterocycles. The fourth-order valence-electron chi connectivity index (χ4n) is 2.01. The molecule has 0 spiro atoms. The van der Waals surface area contributed by atoms with E-state index in [9.17, 15) is 4.79 Å². The topological polar surface area (TPSA) is 55.1 Å². The van der Waals surface area contributed by atoms with E-state index in [1.807, 2.05) is 48.5 Å². The summed E-state index contributed by atoms with van der Waals surface area (Å²) in [6.45, 7) is 2.10. The van der Waals surface area contributed by atoms with Gasteiger partial charge in [0, 0.05) is 5.69 Å². The van der Waals surface area contributed by atoms with Crippen LogP contribution in [0, 0.1) is 0 Å². The fraction of sp³-hybridized carbons (Fsp3) is 0.188. The van der Waals surface area contributed by atoms with Gasteiger partial charge >= 0.3 is 0 Å². The zero-order chi connectivity index (χ0) is 13.7. The summed E-state index contributed by atoms with van der Waals surface area (Å²) in [4.78, 5) is 11.6. The molecule has 3 heteroatoms. The average molecular weight is 254 g/mol. The molecule has 0 fully saturated rings. The average Bonchev–Trinajstić information content (AvgIpc) is 2.45. The van der Waals surface area contributed by atoms with E-state index in [1.54, 1.807) is 0 Å². The molecule has 1 atom stereocenters. The van der Waals surface area contributed by atoms with Crippen molar-refractivity contribution in [3.8, 4) is 0 Å². The van der Waals surface area contributed by atoms with E-state index in [-0.39, 0.29) is 5.91 Å². The molecule has 3 nitrogen and oxygen atoms in total.